The molecule has 1 aliphatic carbocycles. The van der Waals surface area contributed by atoms with Gasteiger partial charge in [-0.2, -0.15) is 0 Å². The molecule has 1 aromatic carbocycles. The summed E-state index contributed by atoms with van der Waals surface area (Å²) in [4.78, 5) is 30.0. The molecule has 1 unspecified atom stereocenters. The third-order valence-electron chi connectivity index (χ3n) is 7.22. The van der Waals surface area contributed by atoms with Crippen LogP contribution in [-0.4, -0.2) is 47.0 Å². The molecule has 1 saturated heterocycles. The molecule has 6 heteroatoms. The van der Waals surface area contributed by atoms with Gasteiger partial charge in [0.05, 0.1) is 5.39 Å². The number of nitrogens with zero attached hydrogens (tertiary/aromatic N) is 4. The largest absolute Gasteiger partial charge is 0.352 e. The third-order valence-corrected chi connectivity index (χ3v) is 8.41. The second-order valence-electron chi connectivity index (χ2n) is 9.52. The van der Waals surface area contributed by atoms with E-state index in [1.54, 1.807) is 6.08 Å². The minimum absolute atomic E-state index is 0.0843. The minimum atomic E-state index is 0.0843. The van der Waals surface area contributed by atoms with E-state index in [4.69, 9.17) is 9.97 Å². The van der Waals surface area contributed by atoms with Crippen LogP contribution in [0.25, 0.3) is 16.3 Å². The molecule has 0 spiro atoms. The lowest BCUT2D eigenvalue weighted by Crippen LogP contribution is -2.48. The van der Waals surface area contributed by atoms with Gasteiger partial charge in [0.1, 0.15) is 16.5 Å². The molecule has 1 aliphatic heterocycles. The minimum Gasteiger partial charge on any atom is -0.352 e. The Bertz CT molecular complexity index is 1180. The molecule has 0 radical (unpaired) electrons. The predicted molar refractivity (Wildman–Crippen MR) is 142 cm³/mol. The molecule has 1 atom stereocenters. The molecular weight excluding hydrogens is 440 g/mol. The van der Waals surface area contributed by atoms with Crippen molar-refractivity contribution < 1.29 is 4.79 Å². The quantitative estimate of drug-likeness (QED) is 0.345. The van der Waals surface area contributed by atoms with Crippen molar-refractivity contribution in [3.8, 4) is 0 Å². The Labute approximate surface area is 206 Å². The van der Waals surface area contributed by atoms with Gasteiger partial charge in [-0.1, -0.05) is 50.6 Å². The van der Waals surface area contributed by atoms with Crippen LogP contribution in [0, 0.1) is 0 Å². The topological polar surface area (TPSA) is 49.3 Å². The zero-order valence-corrected chi connectivity index (χ0v) is 21.1. The fraction of sp³-hybridized carbons (Fsp3) is 0.464. The van der Waals surface area contributed by atoms with Crippen LogP contribution in [0.15, 0.2) is 36.4 Å². The number of carbonyl (C=O) groups is 1. The van der Waals surface area contributed by atoms with Crippen molar-refractivity contribution in [2.75, 3.05) is 31.1 Å². The van der Waals surface area contributed by atoms with Crippen LogP contribution in [0.1, 0.15) is 67.3 Å². The van der Waals surface area contributed by atoms with E-state index in [-0.39, 0.29) is 5.91 Å². The molecule has 0 bridgehead atoms. The summed E-state index contributed by atoms with van der Waals surface area (Å²) in [5, 5.41) is 1.29. The first-order valence-electron chi connectivity index (χ1n) is 12.7. The number of carbonyl (C=O) groups excluding carboxylic acids is 1. The summed E-state index contributed by atoms with van der Waals surface area (Å²) < 4.78 is 0. The summed E-state index contributed by atoms with van der Waals surface area (Å²) >= 11 is 1.89. The number of fused-ring (bicyclic) bond motifs is 3. The number of aromatic nitrogens is 2. The Balaban J connectivity index is 1.39. The number of aryl methyl sites for hydroxylation is 2. The number of anilines is 1. The molecule has 3 aromatic rings. The van der Waals surface area contributed by atoms with E-state index in [1.165, 1.54) is 41.5 Å². The maximum Gasteiger partial charge on any atom is 0.246 e. The summed E-state index contributed by atoms with van der Waals surface area (Å²) in [6, 6.07) is 10.00. The molecule has 2 aliphatic rings. The summed E-state index contributed by atoms with van der Waals surface area (Å²) in [6.45, 7) is 7.47. The third kappa shape index (κ3) is 4.74. The molecular formula is C28H34N4OS. The number of benzene rings is 1. The zero-order chi connectivity index (χ0) is 23.5. The van der Waals surface area contributed by atoms with Gasteiger partial charge in [-0.15, -0.1) is 11.3 Å². The second kappa shape index (κ2) is 10.3. The van der Waals surface area contributed by atoms with E-state index >= 15 is 0 Å². The van der Waals surface area contributed by atoms with Crippen LogP contribution in [0.5, 0.6) is 0 Å². The maximum absolute atomic E-state index is 12.8. The monoisotopic (exact) mass is 474 g/mol. The smallest absolute Gasteiger partial charge is 0.246 e. The van der Waals surface area contributed by atoms with E-state index in [1.807, 2.05) is 52.6 Å². The Morgan fingerprint density at radius 1 is 1.06 bits per heavy atom. The average Bonchev–Trinajstić information content (AvgIpc) is 3.07. The van der Waals surface area contributed by atoms with Gasteiger partial charge in [0.25, 0.3) is 0 Å². The molecule has 178 valence electrons. The summed E-state index contributed by atoms with van der Waals surface area (Å²) in [7, 11) is 0. The van der Waals surface area contributed by atoms with Crippen LogP contribution in [0.3, 0.4) is 0 Å². The Morgan fingerprint density at radius 2 is 1.82 bits per heavy atom. The second-order valence-corrected chi connectivity index (χ2v) is 10.6. The average molecular weight is 475 g/mol. The lowest BCUT2D eigenvalue weighted by atomic mass is 10.1. The summed E-state index contributed by atoms with van der Waals surface area (Å²) in [5.74, 6) is 2.49. The van der Waals surface area contributed by atoms with Crippen LogP contribution >= 0.6 is 11.3 Å². The number of rotatable bonds is 5. The maximum atomic E-state index is 12.8. The van der Waals surface area contributed by atoms with Gasteiger partial charge < -0.3 is 9.80 Å². The summed E-state index contributed by atoms with van der Waals surface area (Å²) in [6.07, 6.45) is 10.8. The number of hydrogen-bond acceptors (Lipinski definition) is 5. The fourth-order valence-electron chi connectivity index (χ4n) is 4.94. The van der Waals surface area contributed by atoms with E-state index in [2.05, 4.69) is 18.7 Å². The Kier molecular flexibility index (Phi) is 6.95. The lowest BCUT2D eigenvalue weighted by molar-refractivity contribution is -0.126. The summed E-state index contributed by atoms with van der Waals surface area (Å²) in [5.41, 5.74) is 2.54. The van der Waals surface area contributed by atoms with Gasteiger partial charge in [0.2, 0.25) is 5.91 Å². The van der Waals surface area contributed by atoms with Crippen LogP contribution in [0.2, 0.25) is 0 Å². The van der Waals surface area contributed by atoms with E-state index in [9.17, 15) is 4.79 Å². The van der Waals surface area contributed by atoms with Gasteiger partial charge in [-0.25, -0.2) is 9.97 Å². The Hall–Kier alpha value is -2.73. The first-order valence-corrected chi connectivity index (χ1v) is 13.5. The number of piperazine rings is 1. The highest BCUT2D eigenvalue weighted by Gasteiger charge is 2.27. The van der Waals surface area contributed by atoms with Crippen LogP contribution in [-0.2, 0) is 17.6 Å². The normalized spacial score (nSPS) is 17.7. The van der Waals surface area contributed by atoms with Crippen molar-refractivity contribution in [3.05, 3.63) is 58.2 Å². The first kappa shape index (κ1) is 23.0. The van der Waals surface area contributed by atoms with Crippen molar-refractivity contribution >= 4 is 39.4 Å². The Morgan fingerprint density at radius 3 is 2.59 bits per heavy atom. The predicted octanol–water partition coefficient (Wildman–Crippen LogP) is 5.84. The van der Waals surface area contributed by atoms with Crippen molar-refractivity contribution in [1.29, 1.82) is 0 Å². The van der Waals surface area contributed by atoms with Gasteiger partial charge in [0, 0.05) is 43.1 Å². The number of thiophene rings is 1. The fourth-order valence-corrected chi connectivity index (χ4v) is 6.20. The molecule has 5 nitrogen and oxygen atoms in total. The van der Waals surface area contributed by atoms with Crippen molar-refractivity contribution in [1.82, 2.24) is 14.9 Å². The van der Waals surface area contributed by atoms with Gasteiger partial charge in [0.15, 0.2) is 0 Å². The molecule has 0 saturated carbocycles. The standard InChI is InChI=1S/C28H34N4OS/c1-3-20(2)26-29-27(25-22-12-8-5-9-13-23(22)34-28(25)30-26)32-18-16-31(17-19-32)24(33)15-14-21-10-6-4-7-11-21/h4,6-7,10-11,14-15,20H,3,5,8-9,12-13,16-19H2,1-2H3/b15-14+. The SMILES string of the molecule is CCC(C)c1nc(N2CCN(C(=O)/C=C/c3ccccc3)CC2)c2c3c(sc2n1)CCCCC3. The van der Waals surface area contributed by atoms with Crippen molar-refractivity contribution in [3.63, 3.8) is 0 Å². The molecule has 34 heavy (non-hydrogen) atoms. The van der Waals surface area contributed by atoms with E-state index in [0.717, 1.165) is 48.0 Å². The lowest BCUT2D eigenvalue weighted by Gasteiger charge is -2.35. The first-order chi connectivity index (χ1) is 16.6. The zero-order valence-electron chi connectivity index (χ0n) is 20.3. The molecule has 2 aromatic heterocycles. The van der Waals surface area contributed by atoms with Gasteiger partial charge in [-0.05, 0) is 49.3 Å². The highest BCUT2D eigenvalue weighted by molar-refractivity contribution is 7.19. The van der Waals surface area contributed by atoms with Gasteiger partial charge >= 0.3 is 0 Å². The molecule has 5 rings (SSSR count). The number of hydrogen-bond donors (Lipinski definition) is 0. The molecule has 1 amide bonds. The van der Waals surface area contributed by atoms with E-state index in [0.29, 0.717) is 19.0 Å². The van der Waals surface area contributed by atoms with Gasteiger partial charge in [-0.3, -0.25) is 4.79 Å². The molecule has 3 heterocycles. The molecule has 1 fully saturated rings. The van der Waals surface area contributed by atoms with Crippen LogP contribution < -0.4 is 4.90 Å². The van der Waals surface area contributed by atoms with Crippen molar-refractivity contribution in [2.24, 2.45) is 0 Å². The number of amides is 1. The van der Waals surface area contributed by atoms with Crippen LogP contribution in [0.4, 0.5) is 5.82 Å². The molecule has 0 N–H and O–H groups in total. The highest BCUT2D eigenvalue weighted by atomic mass is 32.1. The highest BCUT2D eigenvalue weighted by Crippen LogP contribution is 2.40. The van der Waals surface area contributed by atoms with Crippen molar-refractivity contribution in [2.45, 2.75) is 58.3 Å². The van der Waals surface area contributed by atoms with E-state index < -0.39 is 0 Å².